The summed E-state index contributed by atoms with van der Waals surface area (Å²) in [5, 5.41) is 16.7. The molecule has 0 saturated heterocycles. The molecule has 1 aromatic rings. The van der Waals surface area contributed by atoms with E-state index < -0.39 is 17.5 Å². The van der Waals surface area contributed by atoms with Crippen molar-refractivity contribution in [3.05, 3.63) is 16.6 Å². The zero-order valence-electron chi connectivity index (χ0n) is 10.6. The molecule has 100 valence electrons. The van der Waals surface area contributed by atoms with Crippen LogP contribution in [0.4, 0.5) is 4.79 Å². The Morgan fingerprint density at radius 2 is 2.22 bits per heavy atom. The first-order chi connectivity index (χ1) is 8.33. The third kappa shape index (κ3) is 3.99. The second kappa shape index (κ2) is 5.81. The summed E-state index contributed by atoms with van der Waals surface area (Å²) >= 11 is 1.52. The van der Waals surface area contributed by atoms with Crippen LogP contribution in [-0.2, 0) is 4.79 Å². The van der Waals surface area contributed by atoms with Gasteiger partial charge in [-0.05, 0) is 13.8 Å². The highest BCUT2D eigenvalue weighted by molar-refractivity contribution is 7.09. The van der Waals surface area contributed by atoms with Crippen LogP contribution in [0.5, 0.6) is 0 Å². The number of thiazole rings is 1. The lowest BCUT2D eigenvalue weighted by Gasteiger charge is -2.21. The van der Waals surface area contributed by atoms with Gasteiger partial charge in [-0.2, -0.15) is 0 Å². The number of hydrogen-bond acceptors (Lipinski definition) is 4. The van der Waals surface area contributed by atoms with E-state index in [1.165, 1.54) is 25.2 Å². The average molecular weight is 271 g/mol. The first-order valence-electron chi connectivity index (χ1n) is 5.51. The summed E-state index contributed by atoms with van der Waals surface area (Å²) < 4.78 is 0. The van der Waals surface area contributed by atoms with E-state index in [2.05, 4.69) is 15.6 Å². The SMILES string of the molecule is CC(CNC(=O)NC(C)(C)C(=O)O)c1nccs1. The Kier molecular flexibility index (Phi) is 4.66. The Labute approximate surface area is 109 Å². The van der Waals surface area contributed by atoms with Crippen molar-refractivity contribution in [1.29, 1.82) is 0 Å². The summed E-state index contributed by atoms with van der Waals surface area (Å²) in [7, 11) is 0. The summed E-state index contributed by atoms with van der Waals surface area (Å²) in [5.74, 6) is -0.977. The Morgan fingerprint density at radius 1 is 1.56 bits per heavy atom. The first kappa shape index (κ1) is 14.4. The fraction of sp³-hybridized carbons (Fsp3) is 0.545. The first-order valence-corrected chi connectivity index (χ1v) is 6.39. The molecule has 6 nitrogen and oxygen atoms in total. The van der Waals surface area contributed by atoms with E-state index in [9.17, 15) is 9.59 Å². The number of nitrogens with zero attached hydrogens (tertiary/aromatic N) is 1. The van der Waals surface area contributed by atoms with Crippen molar-refractivity contribution in [2.75, 3.05) is 6.54 Å². The van der Waals surface area contributed by atoms with Crippen LogP contribution in [0.2, 0.25) is 0 Å². The second-order valence-electron chi connectivity index (χ2n) is 4.54. The van der Waals surface area contributed by atoms with Crippen LogP contribution in [0.15, 0.2) is 11.6 Å². The number of aromatic nitrogens is 1. The van der Waals surface area contributed by atoms with Gasteiger partial charge in [-0.25, -0.2) is 14.6 Å². The van der Waals surface area contributed by atoms with E-state index in [0.717, 1.165) is 5.01 Å². The molecule has 1 heterocycles. The predicted octanol–water partition coefficient (Wildman–Crippen LogP) is 1.41. The van der Waals surface area contributed by atoms with Crippen LogP contribution >= 0.6 is 11.3 Å². The number of carbonyl (C=O) groups excluding carboxylic acids is 1. The van der Waals surface area contributed by atoms with Gasteiger partial charge in [-0.15, -0.1) is 11.3 Å². The minimum absolute atomic E-state index is 0.101. The number of carboxylic acids is 1. The summed E-state index contributed by atoms with van der Waals surface area (Å²) in [6.45, 7) is 5.22. The average Bonchev–Trinajstić information content (AvgIpc) is 2.78. The number of rotatable bonds is 5. The van der Waals surface area contributed by atoms with Crippen molar-refractivity contribution in [1.82, 2.24) is 15.6 Å². The van der Waals surface area contributed by atoms with E-state index in [1.807, 2.05) is 12.3 Å². The number of amides is 2. The van der Waals surface area contributed by atoms with Gasteiger partial charge >= 0.3 is 12.0 Å². The van der Waals surface area contributed by atoms with Gasteiger partial charge in [0, 0.05) is 24.0 Å². The lowest BCUT2D eigenvalue weighted by Crippen LogP contribution is -2.53. The largest absolute Gasteiger partial charge is 0.480 e. The molecule has 1 rings (SSSR count). The predicted molar refractivity (Wildman–Crippen MR) is 68.8 cm³/mol. The van der Waals surface area contributed by atoms with Crippen molar-refractivity contribution in [2.24, 2.45) is 0 Å². The summed E-state index contributed by atoms with van der Waals surface area (Å²) in [6.07, 6.45) is 1.71. The summed E-state index contributed by atoms with van der Waals surface area (Å²) in [5.41, 5.74) is -1.28. The Morgan fingerprint density at radius 3 is 2.72 bits per heavy atom. The highest BCUT2D eigenvalue weighted by atomic mass is 32.1. The highest BCUT2D eigenvalue weighted by Gasteiger charge is 2.28. The zero-order valence-corrected chi connectivity index (χ0v) is 11.4. The molecule has 1 atom stereocenters. The van der Waals surface area contributed by atoms with Crippen LogP contribution in [0.1, 0.15) is 31.7 Å². The Bertz CT molecular complexity index is 417. The number of hydrogen-bond donors (Lipinski definition) is 3. The van der Waals surface area contributed by atoms with Gasteiger partial charge in [-0.1, -0.05) is 6.92 Å². The molecule has 0 radical (unpaired) electrons. The molecule has 7 heteroatoms. The molecule has 1 aromatic heterocycles. The molecular weight excluding hydrogens is 254 g/mol. The standard InChI is InChI=1S/C11H17N3O3S/c1-7(8-12-4-5-18-8)6-13-10(17)14-11(2,3)9(15)16/h4-5,7H,6H2,1-3H3,(H,15,16)(H2,13,14,17). The number of nitrogens with one attached hydrogen (secondary N) is 2. The minimum Gasteiger partial charge on any atom is -0.480 e. The maximum Gasteiger partial charge on any atom is 0.328 e. The van der Waals surface area contributed by atoms with Crippen molar-refractivity contribution < 1.29 is 14.7 Å². The topological polar surface area (TPSA) is 91.3 Å². The van der Waals surface area contributed by atoms with Crippen LogP contribution < -0.4 is 10.6 Å². The summed E-state index contributed by atoms with van der Waals surface area (Å²) in [4.78, 5) is 26.5. The van der Waals surface area contributed by atoms with Gasteiger partial charge in [0.2, 0.25) is 0 Å². The van der Waals surface area contributed by atoms with Gasteiger partial charge in [0.25, 0.3) is 0 Å². The Balaban J connectivity index is 2.40. The van der Waals surface area contributed by atoms with Crippen LogP contribution in [-0.4, -0.2) is 34.2 Å². The van der Waals surface area contributed by atoms with Crippen molar-refractivity contribution >= 4 is 23.3 Å². The molecule has 0 fully saturated rings. The molecule has 0 saturated carbocycles. The molecule has 0 aliphatic carbocycles. The fourth-order valence-corrected chi connectivity index (χ4v) is 1.89. The third-order valence-electron chi connectivity index (χ3n) is 2.40. The number of carboxylic acid groups (broad SMARTS) is 1. The second-order valence-corrected chi connectivity index (χ2v) is 5.46. The molecule has 0 aromatic carbocycles. The highest BCUT2D eigenvalue weighted by Crippen LogP contribution is 2.16. The third-order valence-corrected chi connectivity index (χ3v) is 3.41. The van der Waals surface area contributed by atoms with Crippen LogP contribution in [0, 0.1) is 0 Å². The van der Waals surface area contributed by atoms with Crippen molar-refractivity contribution in [3.63, 3.8) is 0 Å². The van der Waals surface area contributed by atoms with E-state index in [-0.39, 0.29) is 5.92 Å². The molecule has 0 aliphatic heterocycles. The van der Waals surface area contributed by atoms with Gasteiger partial charge in [0.1, 0.15) is 5.54 Å². The molecule has 0 aliphatic rings. The van der Waals surface area contributed by atoms with Crippen LogP contribution in [0.25, 0.3) is 0 Å². The van der Waals surface area contributed by atoms with E-state index in [0.29, 0.717) is 6.54 Å². The lowest BCUT2D eigenvalue weighted by atomic mass is 10.1. The minimum atomic E-state index is -1.28. The molecule has 2 amide bonds. The molecule has 3 N–H and O–H groups in total. The maximum absolute atomic E-state index is 11.5. The fourth-order valence-electron chi connectivity index (χ4n) is 1.19. The number of carbonyl (C=O) groups is 2. The molecule has 0 bridgehead atoms. The van der Waals surface area contributed by atoms with Gasteiger partial charge in [-0.3, -0.25) is 0 Å². The molecule has 1 unspecified atom stereocenters. The van der Waals surface area contributed by atoms with Gasteiger partial charge in [0.15, 0.2) is 0 Å². The van der Waals surface area contributed by atoms with Crippen molar-refractivity contribution in [2.45, 2.75) is 32.2 Å². The van der Waals surface area contributed by atoms with Crippen LogP contribution in [0.3, 0.4) is 0 Å². The molecular formula is C11H17N3O3S. The van der Waals surface area contributed by atoms with E-state index in [1.54, 1.807) is 6.20 Å². The molecule has 0 spiro atoms. The Hall–Kier alpha value is -1.63. The lowest BCUT2D eigenvalue weighted by molar-refractivity contribution is -0.142. The van der Waals surface area contributed by atoms with E-state index >= 15 is 0 Å². The monoisotopic (exact) mass is 271 g/mol. The number of urea groups is 1. The zero-order chi connectivity index (χ0) is 13.8. The smallest absolute Gasteiger partial charge is 0.328 e. The van der Waals surface area contributed by atoms with E-state index in [4.69, 9.17) is 5.11 Å². The molecule has 18 heavy (non-hydrogen) atoms. The van der Waals surface area contributed by atoms with Gasteiger partial charge in [0.05, 0.1) is 5.01 Å². The normalized spacial score (nSPS) is 12.8. The maximum atomic E-state index is 11.5. The summed E-state index contributed by atoms with van der Waals surface area (Å²) in [6, 6.07) is -0.495. The van der Waals surface area contributed by atoms with Gasteiger partial charge < -0.3 is 15.7 Å². The quantitative estimate of drug-likeness (QED) is 0.755. The van der Waals surface area contributed by atoms with Crippen molar-refractivity contribution in [3.8, 4) is 0 Å². The number of aliphatic carboxylic acids is 1.